The average Bonchev–Trinajstić information content (AvgIpc) is 2.48. The number of hydrogen-bond donors (Lipinski definition) is 1. The summed E-state index contributed by atoms with van der Waals surface area (Å²) in [5.41, 5.74) is 1.43. The Hall–Kier alpha value is -1.23. The van der Waals surface area contributed by atoms with Crippen molar-refractivity contribution < 1.29 is 8.42 Å². The maximum Gasteiger partial charge on any atom is 0.233 e. The summed E-state index contributed by atoms with van der Waals surface area (Å²) in [5.74, 6) is -0.146. The number of nitrogens with one attached hydrogen (secondary N) is 1. The Morgan fingerprint density at radius 3 is 2.32 bits per heavy atom. The van der Waals surface area contributed by atoms with E-state index < -0.39 is 10.0 Å². The fraction of sp³-hybridized carbons (Fsp3) is 0.250. The van der Waals surface area contributed by atoms with Crippen LogP contribution in [-0.4, -0.2) is 14.2 Å². The first-order valence-corrected chi connectivity index (χ1v) is 9.32. The fourth-order valence-corrected chi connectivity index (χ4v) is 4.05. The molecule has 1 unspecified atom stereocenters. The first-order valence-electron chi connectivity index (χ1n) is 6.92. The molecule has 0 bridgehead atoms. The van der Waals surface area contributed by atoms with Crippen LogP contribution < -0.4 is 4.72 Å². The lowest BCUT2D eigenvalue weighted by atomic mass is 9.99. The summed E-state index contributed by atoms with van der Waals surface area (Å²) in [7, 11) is -3.44. The van der Waals surface area contributed by atoms with Gasteiger partial charge < -0.3 is 0 Å². The SMILES string of the molecule is CCC(CS(=O)(=O)Nc1ccccc1)c1ccc(Cl)c(Cl)c1. The van der Waals surface area contributed by atoms with E-state index in [1.807, 2.05) is 19.1 Å². The molecule has 0 saturated carbocycles. The molecule has 0 amide bonds. The Kier molecular flexibility index (Phi) is 5.73. The number of para-hydroxylation sites is 1. The maximum atomic E-state index is 12.3. The number of anilines is 1. The van der Waals surface area contributed by atoms with Crippen LogP contribution in [-0.2, 0) is 10.0 Å². The number of benzene rings is 2. The molecular weight excluding hydrogens is 341 g/mol. The van der Waals surface area contributed by atoms with E-state index in [1.54, 1.807) is 36.4 Å². The van der Waals surface area contributed by atoms with Gasteiger partial charge in [0.15, 0.2) is 0 Å². The minimum atomic E-state index is -3.44. The van der Waals surface area contributed by atoms with Gasteiger partial charge in [-0.3, -0.25) is 4.72 Å². The van der Waals surface area contributed by atoms with Crippen LogP contribution in [0.15, 0.2) is 48.5 Å². The highest BCUT2D eigenvalue weighted by atomic mass is 35.5. The number of halogens is 2. The van der Waals surface area contributed by atoms with Crippen LogP contribution in [0.2, 0.25) is 10.0 Å². The van der Waals surface area contributed by atoms with Gasteiger partial charge in [-0.25, -0.2) is 8.42 Å². The van der Waals surface area contributed by atoms with Crippen molar-refractivity contribution in [3.63, 3.8) is 0 Å². The summed E-state index contributed by atoms with van der Waals surface area (Å²) in [6.07, 6.45) is 0.688. The first-order chi connectivity index (χ1) is 10.4. The highest BCUT2D eigenvalue weighted by molar-refractivity contribution is 7.92. The molecule has 0 heterocycles. The van der Waals surface area contributed by atoms with Gasteiger partial charge in [0, 0.05) is 5.69 Å². The van der Waals surface area contributed by atoms with Crippen LogP contribution >= 0.6 is 23.2 Å². The van der Waals surface area contributed by atoms with E-state index in [4.69, 9.17) is 23.2 Å². The van der Waals surface area contributed by atoms with Gasteiger partial charge in [-0.1, -0.05) is 54.4 Å². The third-order valence-corrected chi connectivity index (χ3v) is 5.50. The molecule has 0 aliphatic rings. The summed E-state index contributed by atoms with van der Waals surface area (Å²) in [6, 6.07) is 14.1. The van der Waals surface area contributed by atoms with Gasteiger partial charge in [-0.15, -0.1) is 0 Å². The van der Waals surface area contributed by atoms with E-state index in [9.17, 15) is 8.42 Å². The van der Waals surface area contributed by atoms with Gasteiger partial charge in [0.2, 0.25) is 10.0 Å². The van der Waals surface area contributed by atoms with Gasteiger partial charge in [0.1, 0.15) is 0 Å². The second-order valence-electron chi connectivity index (χ2n) is 5.03. The Morgan fingerprint density at radius 1 is 1.05 bits per heavy atom. The second-order valence-corrected chi connectivity index (χ2v) is 7.61. The van der Waals surface area contributed by atoms with Gasteiger partial charge in [0.05, 0.1) is 15.8 Å². The lowest BCUT2D eigenvalue weighted by Crippen LogP contribution is -2.21. The normalized spacial score (nSPS) is 12.9. The zero-order valence-electron chi connectivity index (χ0n) is 12.1. The molecule has 0 saturated heterocycles. The molecule has 0 spiro atoms. The third kappa shape index (κ3) is 4.63. The summed E-state index contributed by atoms with van der Waals surface area (Å²) in [4.78, 5) is 0. The number of hydrogen-bond acceptors (Lipinski definition) is 2. The number of rotatable bonds is 6. The minimum Gasteiger partial charge on any atom is -0.284 e. The molecule has 0 aliphatic heterocycles. The van der Waals surface area contributed by atoms with Crippen molar-refractivity contribution in [1.82, 2.24) is 0 Å². The largest absolute Gasteiger partial charge is 0.284 e. The molecule has 2 aromatic carbocycles. The molecule has 0 fully saturated rings. The van der Waals surface area contributed by atoms with Crippen LogP contribution in [0.3, 0.4) is 0 Å². The first kappa shape index (κ1) is 17.1. The monoisotopic (exact) mass is 357 g/mol. The van der Waals surface area contributed by atoms with Gasteiger partial charge in [-0.05, 0) is 42.2 Å². The molecule has 2 aromatic rings. The topological polar surface area (TPSA) is 46.2 Å². The summed E-state index contributed by atoms with van der Waals surface area (Å²) < 4.78 is 27.2. The molecule has 118 valence electrons. The Labute approximate surface area is 141 Å². The second kappa shape index (κ2) is 7.36. The van der Waals surface area contributed by atoms with Gasteiger partial charge >= 0.3 is 0 Å². The molecule has 0 radical (unpaired) electrons. The standard InChI is InChI=1S/C16H17Cl2NO2S/c1-2-12(13-8-9-15(17)16(18)10-13)11-22(20,21)19-14-6-4-3-5-7-14/h3-10,12,19H,2,11H2,1H3. The lowest BCUT2D eigenvalue weighted by Gasteiger charge is -2.17. The van der Waals surface area contributed by atoms with Gasteiger partial charge in [0.25, 0.3) is 0 Å². The Morgan fingerprint density at radius 2 is 1.73 bits per heavy atom. The highest BCUT2D eigenvalue weighted by Gasteiger charge is 2.20. The molecule has 6 heteroatoms. The van der Waals surface area contributed by atoms with Crippen LogP contribution in [0.5, 0.6) is 0 Å². The molecule has 0 aromatic heterocycles. The van der Waals surface area contributed by atoms with Crippen molar-refractivity contribution in [2.45, 2.75) is 19.3 Å². The van der Waals surface area contributed by atoms with Crippen LogP contribution in [0.4, 0.5) is 5.69 Å². The Bertz CT molecular complexity index is 733. The molecule has 22 heavy (non-hydrogen) atoms. The van der Waals surface area contributed by atoms with Crippen molar-refractivity contribution in [1.29, 1.82) is 0 Å². The smallest absolute Gasteiger partial charge is 0.233 e. The maximum absolute atomic E-state index is 12.3. The molecule has 3 nitrogen and oxygen atoms in total. The van der Waals surface area contributed by atoms with E-state index in [-0.39, 0.29) is 11.7 Å². The lowest BCUT2D eigenvalue weighted by molar-refractivity contribution is 0.590. The van der Waals surface area contributed by atoms with Crippen LogP contribution in [0, 0.1) is 0 Å². The van der Waals surface area contributed by atoms with Crippen molar-refractivity contribution in [2.75, 3.05) is 10.5 Å². The van der Waals surface area contributed by atoms with Crippen molar-refractivity contribution in [2.24, 2.45) is 0 Å². The van der Waals surface area contributed by atoms with E-state index in [0.29, 0.717) is 22.2 Å². The highest BCUT2D eigenvalue weighted by Crippen LogP contribution is 2.29. The summed E-state index contributed by atoms with van der Waals surface area (Å²) in [6.45, 7) is 1.95. The van der Waals surface area contributed by atoms with E-state index in [1.165, 1.54) is 0 Å². The zero-order valence-corrected chi connectivity index (χ0v) is 14.4. The minimum absolute atomic E-state index is 0.00362. The third-order valence-electron chi connectivity index (χ3n) is 3.38. The zero-order chi connectivity index (χ0) is 16.2. The molecular formula is C16H17Cl2NO2S. The van der Waals surface area contributed by atoms with E-state index >= 15 is 0 Å². The van der Waals surface area contributed by atoms with Crippen LogP contribution in [0.25, 0.3) is 0 Å². The van der Waals surface area contributed by atoms with E-state index in [0.717, 1.165) is 5.56 Å². The predicted octanol–water partition coefficient (Wildman–Crippen LogP) is 4.93. The average molecular weight is 358 g/mol. The predicted molar refractivity (Wildman–Crippen MR) is 93.3 cm³/mol. The van der Waals surface area contributed by atoms with Crippen molar-refractivity contribution >= 4 is 38.9 Å². The molecule has 1 N–H and O–H groups in total. The van der Waals surface area contributed by atoms with Gasteiger partial charge in [-0.2, -0.15) is 0 Å². The van der Waals surface area contributed by atoms with Crippen molar-refractivity contribution in [3.8, 4) is 0 Å². The number of sulfonamides is 1. The van der Waals surface area contributed by atoms with E-state index in [2.05, 4.69) is 4.72 Å². The Balaban J connectivity index is 2.16. The summed E-state index contributed by atoms with van der Waals surface area (Å²) in [5, 5.41) is 0.900. The summed E-state index contributed by atoms with van der Waals surface area (Å²) >= 11 is 11.9. The van der Waals surface area contributed by atoms with Crippen LogP contribution in [0.1, 0.15) is 24.8 Å². The molecule has 0 aliphatic carbocycles. The fourth-order valence-electron chi connectivity index (χ4n) is 2.21. The molecule has 2 rings (SSSR count). The quantitative estimate of drug-likeness (QED) is 0.796. The molecule has 1 atom stereocenters. The van der Waals surface area contributed by atoms with Crippen molar-refractivity contribution in [3.05, 3.63) is 64.1 Å².